The van der Waals surface area contributed by atoms with E-state index in [0.717, 1.165) is 0 Å². The molecule has 2 heteroatoms. The van der Waals surface area contributed by atoms with E-state index in [9.17, 15) is 5.11 Å². The third-order valence-electron chi connectivity index (χ3n) is 3.39. The second kappa shape index (κ2) is 6.31. The van der Waals surface area contributed by atoms with Crippen LogP contribution in [0.15, 0.2) is 35.2 Å². The van der Waals surface area contributed by atoms with Crippen molar-refractivity contribution in [1.29, 1.82) is 0 Å². The molecule has 0 spiro atoms. The van der Waals surface area contributed by atoms with Gasteiger partial charge in [0.15, 0.2) is 0 Å². The van der Waals surface area contributed by atoms with Crippen molar-refractivity contribution in [2.45, 2.75) is 42.2 Å². The first kappa shape index (κ1) is 12.0. The lowest BCUT2D eigenvalue weighted by molar-refractivity contribution is 0.238. The van der Waals surface area contributed by atoms with Crippen LogP contribution in [0.25, 0.3) is 0 Å². The fourth-order valence-electron chi connectivity index (χ4n) is 2.46. The second-order valence-corrected chi connectivity index (χ2v) is 5.86. The van der Waals surface area contributed by atoms with Crippen LogP contribution in [-0.4, -0.2) is 17.0 Å². The molecule has 1 aliphatic carbocycles. The Bertz CT molecular complexity index is 293. The fraction of sp³-hybridized carbons (Fsp3) is 0.571. The van der Waals surface area contributed by atoms with Crippen LogP contribution in [0.5, 0.6) is 0 Å². The van der Waals surface area contributed by atoms with Gasteiger partial charge >= 0.3 is 0 Å². The molecule has 0 aliphatic heterocycles. The average Bonchev–Trinajstić information content (AvgIpc) is 2.38. The van der Waals surface area contributed by atoms with Gasteiger partial charge in [-0.3, -0.25) is 0 Å². The summed E-state index contributed by atoms with van der Waals surface area (Å²) in [6, 6.07) is 10.4. The van der Waals surface area contributed by atoms with Crippen LogP contribution < -0.4 is 0 Å². The number of aliphatic hydroxyl groups excluding tert-OH is 1. The molecule has 0 amide bonds. The van der Waals surface area contributed by atoms with E-state index in [1.54, 1.807) is 0 Å². The standard InChI is InChI=1S/C14H20OS/c15-11-14(12-7-3-1-4-8-12)16-13-9-5-2-6-10-13/h2,5-6,9-10,12,14-15H,1,3-4,7-8,11H2. The Morgan fingerprint density at radius 1 is 1.12 bits per heavy atom. The van der Waals surface area contributed by atoms with Crippen LogP contribution in [0.1, 0.15) is 32.1 Å². The highest BCUT2D eigenvalue weighted by molar-refractivity contribution is 8.00. The highest BCUT2D eigenvalue weighted by atomic mass is 32.2. The molecular formula is C14H20OS. The number of aliphatic hydroxyl groups is 1. The van der Waals surface area contributed by atoms with Gasteiger partial charge in [0.25, 0.3) is 0 Å². The molecule has 1 N–H and O–H groups in total. The fourth-order valence-corrected chi connectivity index (χ4v) is 3.67. The molecule has 0 aromatic heterocycles. The first-order valence-electron chi connectivity index (χ1n) is 6.22. The predicted octanol–water partition coefficient (Wildman–Crippen LogP) is 3.72. The van der Waals surface area contributed by atoms with Gasteiger partial charge in [0.2, 0.25) is 0 Å². The number of benzene rings is 1. The molecule has 1 fully saturated rings. The van der Waals surface area contributed by atoms with Gasteiger partial charge in [-0.05, 0) is 30.9 Å². The smallest absolute Gasteiger partial charge is 0.0556 e. The van der Waals surface area contributed by atoms with Gasteiger partial charge in [-0.15, -0.1) is 11.8 Å². The Morgan fingerprint density at radius 3 is 2.44 bits per heavy atom. The van der Waals surface area contributed by atoms with E-state index >= 15 is 0 Å². The minimum atomic E-state index is 0.310. The molecule has 88 valence electrons. The lowest BCUT2D eigenvalue weighted by Crippen LogP contribution is -2.23. The molecule has 0 heterocycles. The molecule has 1 nitrogen and oxygen atoms in total. The van der Waals surface area contributed by atoms with Crippen LogP contribution >= 0.6 is 11.8 Å². The molecule has 0 radical (unpaired) electrons. The molecule has 0 bridgehead atoms. The Morgan fingerprint density at radius 2 is 1.81 bits per heavy atom. The number of hydrogen-bond donors (Lipinski definition) is 1. The van der Waals surface area contributed by atoms with Crippen molar-refractivity contribution in [2.75, 3.05) is 6.61 Å². The van der Waals surface area contributed by atoms with Crippen molar-refractivity contribution in [2.24, 2.45) is 5.92 Å². The van der Waals surface area contributed by atoms with E-state index in [1.165, 1.54) is 37.0 Å². The third-order valence-corrected chi connectivity index (χ3v) is 4.77. The molecule has 1 aliphatic rings. The monoisotopic (exact) mass is 236 g/mol. The summed E-state index contributed by atoms with van der Waals surface area (Å²) in [5, 5.41) is 9.91. The minimum Gasteiger partial charge on any atom is -0.395 e. The molecule has 1 atom stereocenters. The summed E-state index contributed by atoms with van der Waals surface area (Å²) in [7, 11) is 0. The molecular weight excluding hydrogens is 216 g/mol. The molecule has 1 aromatic rings. The quantitative estimate of drug-likeness (QED) is 0.804. The van der Waals surface area contributed by atoms with E-state index in [2.05, 4.69) is 24.3 Å². The maximum absolute atomic E-state index is 9.52. The molecule has 0 saturated heterocycles. The summed E-state index contributed by atoms with van der Waals surface area (Å²) >= 11 is 1.85. The van der Waals surface area contributed by atoms with Gasteiger partial charge in [0.05, 0.1) is 6.61 Å². The van der Waals surface area contributed by atoms with E-state index in [-0.39, 0.29) is 0 Å². The second-order valence-electron chi connectivity index (χ2n) is 4.55. The van der Waals surface area contributed by atoms with Gasteiger partial charge in [0, 0.05) is 10.1 Å². The van der Waals surface area contributed by atoms with Crippen LogP contribution in [0, 0.1) is 5.92 Å². The van der Waals surface area contributed by atoms with Crippen molar-refractivity contribution in [1.82, 2.24) is 0 Å². The largest absolute Gasteiger partial charge is 0.395 e. The molecule has 16 heavy (non-hydrogen) atoms. The Hall–Kier alpha value is -0.470. The molecule has 1 aromatic carbocycles. The van der Waals surface area contributed by atoms with Gasteiger partial charge < -0.3 is 5.11 Å². The summed E-state index contributed by atoms with van der Waals surface area (Å²) in [5.74, 6) is 0.712. The van der Waals surface area contributed by atoms with Gasteiger partial charge in [-0.1, -0.05) is 37.5 Å². The lowest BCUT2D eigenvalue weighted by Gasteiger charge is -2.28. The molecule has 2 rings (SSSR count). The number of thioether (sulfide) groups is 1. The van der Waals surface area contributed by atoms with E-state index in [1.807, 2.05) is 17.8 Å². The SMILES string of the molecule is OCC(Sc1ccccc1)C1CCCCC1. The van der Waals surface area contributed by atoms with Crippen molar-refractivity contribution in [3.8, 4) is 0 Å². The van der Waals surface area contributed by atoms with E-state index in [4.69, 9.17) is 0 Å². The average molecular weight is 236 g/mol. The van der Waals surface area contributed by atoms with Crippen molar-refractivity contribution >= 4 is 11.8 Å². The van der Waals surface area contributed by atoms with Crippen LogP contribution in [0.4, 0.5) is 0 Å². The molecule has 1 saturated carbocycles. The predicted molar refractivity (Wildman–Crippen MR) is 69.7 cm³/mol. The first-order chi connectivity index (χ1) is 7.90. The van der Waals surface area contributed by atoms with Crippen molar-refractivity contribution in [3.05, 3.63) is 30.3 Å². The first-order valence-corrected chi connectivity index (χ1v) is 7.10. The van der Waals surface area contributed by atoms with Gasteiger partial charge in [0.1, 0.15) is 0 Å². The third kappa shape index (κ3) is 3.26. The zero-order chi connectivity index (χ0) is 11.2. The van der Waals surface area contributed by atoms with Crippen LogP contribution in [0.3, 0.4) is 0 Å². The minimum absolute atomic E-state index is 0.310. The zero-order valence-electron chi connectivity index (χ0n) is 9.64. The van der Waals surface area contributed by atoms with Gasteiger partial charge in [-0.25, -0.2) is 0 Å². The normalized spacial score (nSPS) is 19.6. The Kier molecular flexibility index (Phi) is 4.73. The van der Waals surface area contributed by atoms with Crippen molar-refractivity contribution < 1.29 is 5.11 Å². The Labute approximate surface area is 102 Å². The summed E-state index contributed by atoms with van der Waals surface area (Å²) in [5.41, 5.74) is 0. The lowest BCUT2D eigenvalue weighted by atomic mass is 9.87. The maximum Gasteiger partial charge on any atom is 0.0556 e. The highest BCUT2D eigenvalue weighted by Gasteiger charge is 2.23. The highest BCUT2D eigenvalue weighted by Crippen LogP contribution is 2.35. The van der Waals surface area contributed by atoms with Crippen LogP contribution in [0.2, 0.25) is 0 Å². The number of rotatable bonds is 4. The van der Waals surface area contributed by atoms with Crippen LogP contribution in [-0.2, 0) is 0 Å². The topological polar surface area (TPSA) is 20.2 Å². The molecule has 1 unspecified atom stereocenters. The van der Waals surface area contributed by atoms with E-state index < -0.39 is 0 Å². The Balaban J connectivity index is 1.94. The number of hydrogen-bond acceptors (Lipinski definition) is 2. The zero-order valence-corrected chi connectivity index (χ0v) is 10.5. The summed E-state index contributed by atoms with van der Waals surface area (Å²) < 4.78 is 0. The van der Waals surface area contributed by atoms with Crippen molar-refractivity contribution in [3.63, 3.8) is 0 Å². The van der Waals surface area contributed by atoms with E-state index in [0.29, 0.717) is 17.8 Å². The van der Waals surface area contributed by atoms with Gasteiger partial charge in [-0.2, -0.15) is 0 Å². The summed E-state index contributed by atoms with van der Waals surface area (Å²) in [4.78, 5) is 1.28. The summed E-state index contributed by atoms with van der Waals surface area (Å²) in [6.45, 7) is 0.310. The summed E-state index contributed by atoms with van der Waals surface area (Å²) in [6.07, 6.45) is 6.66. The maximum atomic E-state index is 9.52.